The van der Waals surface area contributed by atoms with Crippen LogP contribution in [0.4, 0.5) is 0 Å². The summed E-state index contributed by atoms with van der Waals surface area (Å²) in [5, 5.41) is 12.4. The topological polar surface area (TPSA) is 146 Å². The van der Waals surface area contributed by atoms with Gasteiger partial charge in [0.1, 0.15) is 5.54 Å². The smallest absolute Gasteiger partial charge is 0.253 e. The van der Waals surface area contributed by atoms with Crippen LogP contribution in [-0.4, -0.2) is 78.3 Å². The van der Waals surface area contributed by atoms with Crippen molar-refractivity contribution >= 4 is 29.5 Å². The molecule has 7 atom stereocenters. The summed E-state index contributed by atoms with van der Waals surface area (Å²) in [6, 6.07) is 27.4. The molecule has 3 aliphatic rings. The first-order valence-corrected chi connectivity index (χ1v) is 23.9. The first-order valence-electron chi connectivity index (χ1n) is 23.9. The van der Waals surface area contributed by atoms with E-state index >= 15 is 0 Å². The van der Waals surface area contributed by atoms with E-state index in [1.54, 1.807) is 24.0 Å². The number of nitrogens with zero attached hydrogens (tertiary/aromatic N) is 1. The van der Waals surface area contributed by atoms with Gasteiger partial charge in [0.25, 0.3) is 5.91 Å². The zero-order valence-corrected chi connectivity index (χ0v) is 37.9. The van der Waals surface area contributed by atoms with Crippen molar-refractivity contribution in [3.05, 3.63) is 107 Å². The van der Waals surface area contributed by atoms with E-state index in [1.165, 1.54) is 36.8 Å². The normalized spacial score (nSPS) is 22.1. The molecule has 340 valence electrons. The molecule has 3 aromatic rings. The average Bonchev–Trinajstić information content (AvgIpc) is 4.20. The zero-order valence-electron chi connectivity index (χ0n) is 37.9. The largest absolute Gasteiger partial charge is 0.374 e. The molecule has 0 spiro atoms. The molecule has 11 heteroatoms. The van der Waals surface area contributed by atoms with E-state index in [9.17, 15) is 24.0 Å². The fourth-order valence-electron chi connectivity index (χ4n) is 8.95. The van der Waals surface area contributed by atoms with Gasteiger partial charge in [-0.3, -0.25) is 24.0 Å². The van der Waals surface area contributed by atoms with Gasteiger partial charge >= 0.3 is 0 Å². The predicted octanol–water partition coefficient (Wildman–Crippen LogP) is 7.95. The molecular formula is C52H71N5O6. The van der Waals surface area contributed by atoms with Gasteiger partial charge in [0.05, 0.1) is 25.0 Å². The minimum absolute atomic E-state index is 0.00277. The van der Waals surface area contributed by atoms with Gasteiger partial charge in [-0.25, -0.2) is 0 Å². The summed E-state index contributed by atoms with van der Waals surface area (Å²) in [5.41, 5.74) is 2.37. The molecule has 1 heterocycles. The fraction of sp³-hybridized carbons (Fsp3) is 0.558. The highest BCUT2D eigenvalue weighted by atomic mass is 16.5. The SMILES string of the molecule is CCCCCCCCCC(=O)NC(C)(COCc1ccc(C(=O)N2C[C@@H](C(=O)N[C@H]3C[C@@H]3c3ccccc3)[C@H](C(=O)N[C@H]3C[C@@H]3c3ccccc3)C2)cc1)C(=O)NCCCCCC. The van der Waals surface area contributed by atoms with Gasteiger partial charge in [-0.2, -0.15) is 0 Å². The lowest BCUT2D eigenvalue weighted by atomic mass is 9.94. The van der Waals surface area contributed by atoms with Gasteiger partial charge in [-0.05, 0) is 61.4 Å². The van der Waals surface area contributed by atoms with Crippen molar-refractivity contribution in [1.29, 1.82) is 0 Å². The molecule has 1 unspecified atom stereocenters. The number of hydrogen-bond acceptors (Lipinski definition) is 6. The molecule has 3 aromatic carbocycles. The van der Waals surface area contributed by atoms with Crippen molar-refractivity contribution in [2.75, 3.05) is 26.2 Å². The Balaban J connectivity index is 1.04. The van der Waals surface area contributed by atoms with E-state index in [4.69, 9.17) is 4.74 Å². The van der Waals surface area contributed by atoms with Crippen molar-refractivity contribution < 1.29 is 28.7 Å². The van der Waals surface area contributed by atoms with Crippen LogP contribution in [0.25, 0.3) is 0 Å². The Hall–Kier alpha value is -5.03. The number of amides is 5. The number of likely N-dealkylation sites (tertiary alicyclic amines) is 1. The second-order valence-electron chi connectivity index (χ2n) is 18.4. The summed E-state index contributed by atoms with van der Waals surface area (Å²) >= 11 is 0. The fourth-order valence-corrected chi connectivity index (χ4v) is 8.95. The second kappa shape index (κ2) is 23.6. The lowest BCUT2D eigenvalue weighted by Gasteiger charge is -2.29. The maximum absolute atomic E-state index is 14.0. The third-order valence-electron chi connectivity index (χ3n) is 13.1. The van der Waals surface area contributed by atoms with Gasteiger partial charge in [0, 0.05) is 55.5 Å². The van der Waals surface area contributed by atoms with Crippen molar-refractivity contribution in [1.82, 2.24) is 26.2 Å². The van der Waals surface area contributed by atoms with Crippen molar-refractivity contribution in [3.8, 4) is 0 Å². The molecule has 1 aliphatic heterocycles. The lowest BCUT2D eigenvalue weighted by Crippen LogP contribution is -2.59. The maximum atomic E-state index is 14.0. The summed E-state index contributed by atoms with van der Waals surface area (Å²) in [5.74, 6) is -1.92. The monoisotopic (exact) mass is 862 g/mol. The molecule has 0 aromatic heterocycles. The molecular weight excluding hydrogens is 791 g/mol. The highest BCUT2D eigenvalue weighted by molar-refractivity contribution is 5.97. The van der Waals surface area contributed by atoms with Crippen LogP contribution in [0.5, 0.6) is 0 Å². The molecule has 63 heavy (non-hydrogen) atoms. The number of benzene rings is 3. The van der Waals surface area contributed by atoms with Crippen LogP contribution in [0.2, 0.25) is 0 Å². The van der Waals surface area contributed by atoms with E-state index in [-0.39, 0.29) is 79.8 Å². The molecule has 0 bridgehead atoms. The van der Waals surface area contributed by atoms with Gasteiger partial charge in [0.2, 0.25) is 23.6 Å². The summed E-state index contributed by atoms with van der Waals surface area (Å²) in [6.45, 7) is 7.05. The van der Waals surface area contributed by atoms with E-state index in [0.717, 1.165) is 63.4 Å². The Morgan fingerprint density at radius 2 is 1.16 bits per heavy atom. The molecule has 6 rings (SSSR count). The quantitative estimate of drug-likeness (QED) is 0.0604. The number of hydrogen-bond donors (Lipinski definition) is 4. The third kappa shape index (κ3) is 14.0. The Labute approximate surface area is 375 Å². The number of carbonyl (C=O) groups excluding carboxylic acids is 5. The van der Waals surface area contributed by atoms with Crippen LogP contribution in [0.1, 0.15) is 150 Å². The van der Waals surface area contributed by atoms with Gasteiger partial charge < -0.3 is 30.9 Å². The van der Waals surface area contributed by atoms with E-state index in [0.29, 0.717) is 18.5 Å². The molecule has 4 N–H and O–H groups in total. The minimum Gasteiger partial charge on any atom is -0.374 e. The minimum atomic E-state index is -1.25. The van der Waals surface area contributed by atoms with E-state index in [2.05, 4.69) is 59.4 Å². The molecule has 1 saturated heterocycles. The molecule has 3 fully saturated rings. The Morgan fingerprint density at radius 1 is 0.651 bits per heavy atom. The van der Waals surface area contributed by atoms with E-state index < -0.39 is 17.4 Å². The van der Waals surface area contributed by atoms with Crippen LogP contribution >= 0.6 is 0 Å². The van der Waals surface area contributed by atoms with Gasteiger partial charge in [0.15, 0.2) is 0 Å². The number of nitrogens with one attached hydrogen (secondary N) is 4. The highest BCUT2D eigenvalue weighted by Gasteiger charge is 2.49. The van der Waals surface area contributed by atoms with Crippen LogP contribution in [0, 0.1) is 11.8 Å². The summed E-state index contributed by atoms with van der Waals surface area (Å²) in [6.07, 6.45) is 13.9. The summed E-state index contributed by atoms with van der Waals surface area (Å²) < 4.78 is 6.10. The zero-order chi connectivity index (χ0) is 44.6. The van der Waals surface area contributed by atoms with Crippen LogP contribution in [-0.2, 0) is 30.5 Å². The molecule has 2 aliphatic carbocycles. The van der Waals surface area contributed by atoms with E-state index in [1.807, 2.05) is 48.5 Å². The first-order chi connectivity index (χ1) is 30.6. The third-order valence-corrected chi connectivity index (χ3v) is 13.1. The Kier molecular flexibility index (Phi) is 17.8. The first kappa shape index (κ1) is 47.4. The van der Waals surface area contributed by atoms with Crippen LogP contribution in [0.3, 0.4) is 0 Å². The van der Waals surface area contributed by atoms with Gasteiger partial charge in [-0.15, -0.1) is 0 Å². The number of carbonyl (C=O) groups is 5. The van der Waals surface area contributed by atoms with Gasteiger partial charge in [-0.1, -0.05) is 144 Å². The van der Waals surface area contributed by atoms with Crippen molar-refractivity contribution in [3.63, 3.8) is 0 Å². The van der Waals surface area contributed by atoms with Crippen molar-refractivity contribution in [2.45, 2.75) is 147 Å². The Morgan fingerprint density at radius 3 is 1.70 bits per heavy atom. The van der Waals surface area contributed by atoms with Crippen LogP contribution in [0.15, 0.2) is 84.9 Å². The number of unbranched alkanes of at least 4 members (excludes halogenated alkanes) is 9. The lowest BCUT2D eigenvalue weighted by molar-refractivity contribution is -0.136. The summed E-state index contributed by atoms with van der Waals surface area (Å²) in [4.78, 5) is 70.0. The standard InChI is InChI=1S/C52H71N5O6/c1-4-6-8-10-11-12-19-25-47(58)56-52(3,51(62)53-30-20-9-7-5-2)36-63-35-37-26-28-40(29-27-37)50(61)57-33-43(48(59)54-45-31-41(45)38-21-15-13-16-22-38)44(34-57)49(60)55-46-32-42(46)39-23-17-14-18-24-39/h13-18,21-24,26-29,41-46H,4-12,19-20,25,30-36H2,1-3H3,(H,53,62)(H,54,59)(H,55,60)(H,56,58)/t41-,42-,43-,44-,45+,46+,52?/m1/s1. The predicted molar refractivity (Wildman–Crippen MR) is 247 cm³/mol. The van der Waals surface area contributed by atoms with Crippen LogP contribution < -0.4 is 21.3 Å². The number of rotatable bonds is 26. The molecule has 0 radical (unpaired) electrons. The maximum Gasteiger partial charge on any atom is 0.253 e. The molecule has 11 nitrogen and oxygen atoms in total. The summed E-state index contributed by atoms with van der Waals surface area (Å²) in [7, 11) is 0. The molecule has 5 amide bonds. The number of ether oxygens (including phenoxy) is 1. The second-order valence-corrected chi connectivity index (χ2v) is 18.4. The Bertz CT molecular complexity index is 1870. The highest BCUT2D eigenvalue weighted by Crippen LogP contribution is 2.42. The molecule has 2 saturated carbocycles. The average molecular weight is 862 g/mol. The van der Waals surface area contributed by atoms with Crippen molar-refractivity contribution in [2.24, 2.45) is 11.8 Å².